The fraction of sp³-hybridized carbons (Fsp3) is 0.571. The Balaban J connectivity index is 1.37. The van der Waals surface area contributed by atoms with Gasteiger partial charge in [-0.3, -0.25) is 19.3 Å². The van der Waals surface area contributed by atoms with Crippen LogP contribution in [0.25, 0.3) is 0 Å². The van der Waals surface area contributed by atoms with E-state index >= 15 is 0 Å². The zero-order valence-corrected chi connectivity index (χ0v) is 27.0. The van der Waals surface area contributed by atoms with Gasteiger partial charge in [0, 0.05) is 38.8 Å². The molecular weight excluding hydrogens is 556 g/mol. The minimum absolute atomic E-state index is 0.0316. The van der Waals surface area contributed by atoms with Crippen LogP contribution in [-0.2, 0) is 16.1 Å². The molecule has 2 aliphatic heterocycles. The van der Waals surface area contributed by atoms with E-state index in [9.17, 15) is 19.5 Å². The molecule has 2 aromatic rings. The highest BCUT2D eigenvalue weighted by molar-refractivity contribution is 6.00. The van der Waals surface area contributed by atoms with Crippen molar-refractivity contribution in [3.8, 4) is 5.75 Å². The zero-order valence-electron chi connectivity index (χ0n) is 27.0. The number of piperidine rings is 1. The Morgan fingerprint density at radius 2 is 1.68 bits per heavy atom. The molecule has 2 heterocycles. The van der Waals surface area contributed by atoms with Gasteiger partial charge < -0.3 is 25.4 Å². The Hall–Kier alpha value is -3.43. The molecule has 2 fully saturated rings. The van der Waals surface area contributed by atoms with Gasteiger partial charge in [-0.15, -0.1) is 0 Å². The Labute approximate surface area is 262 Å². The number of ether oxygens (including phenoxy) is 1. The summed E-state index contributed by atoms with van der Waals surface area (Å²) in [6.45, 7) is 10.8. The van der Waals surface area contributed by atoms with E-state index in [0.29, 0.717) is 43.8 Å². The van der Waals surface area contributed by atoms with E-state index in [1.54, 1.807) is 31.3 Å². The van der Waals surface area contributed by atoms with Crippen molar-refractivity contribution in [3.63, 3.8) is 0 Å². The number of carbonyl (C=O) groups is 3. The molecule has 0 bridgehead atoms. The molecule has 2 aromatic carbocycles. The van der Waals surface area contributed by atoms with E-state index in [4.69, 9.17) is 4.74 Å². The lowest BCUT2D eigenvalue weighted by Gasteiger charge is -2.52. The highest BCUT2D eigenvalue weighted by Crippen LogP contribution is 2.35. The maximum absolute atomic E-state index is 13.8. The normalized spacial score (nSPS) is 20.0. The van der Waals surface area contributed by atoms with Crippen molar-refractivity contribution in [2.24, 2.45) is 5.92 Å². The highest BCUT2D eigenvalue weighted by Gasteiger charge is 2.55. The van der Waals surface area contributed by atoms with E-state index in [1.807, 2.05) is 25.7 Å². The van der Waals surface area contributed by atoms with Crippen LogP contribution >= 0.6 is 0 Å². The number of unbranched alkanes of at least 4 members (excludes halogenated alkanes) is 1. The van der Waals surface area contributed by atoms with Gasteiger partial charge in [0.25, 0.3) is 5.91 Å². The van der Waals surface area contributed by atoms with Crippen LogP contribution in [0.1, 0.15) is 93.8 Å². The fourth-order valence-corrected chi connectivity index (χ4v) is 6.59. The number of likely N-dealkylation sites (tertiary alicyclic amines) is 1. The van der Waals surface area contributed by atoms with E-state index in [1.165, 1.54) is 5.56 Å². The van der Waals surface area contributed by atoms with Crippen LogP contribution in [0.4, 0.5) is 0 Å². The molecule has 2 aliphatic rings. The molecule has 44 heavy (non-hydrogen) atoms. The van der Waals surface area contributed by atoms with Gasteiger partial charge in [-0.1, -0.05) is 64.3 Å². The van der Waals surface area contributed by atoms with Crippen LogP contribution < -0.4 is 15.4 Å². The number of benzene rings is 2. The van der Waals surface area contributed by atoms with Gasteiger partial charge in [0.15, 0.2) is 0 Å². The van der Waals surface area contributed by atoms with Crippen LogP contribution in [-0.4, -0.2) is 77.0 Å². The molecule has 9 heteroatoms. The molecule has 0 aliphatic carbocycles. The third kappa shape index (κ3) is 7.26. The molecule has 3 amide bonds. The van der Waals surface area contributed by atoms with Gasteiger partial charge in [0.2, 0.25) is 11.8 Å². The number of amides is 3. The van der Waals surface area contributed by atoms with Crippen molar-refractivity contribution in [3.05, 3.63) is 65.2 Å². The van der Waals surface area contributed by atoms with Gasteiger partial charge in [0.05, 0.1) is 6.10 Å². The number of carbonyl (C=O) groups excluding carboxylic acids is 3. The lowest BCUT2D eigenvalue weighted by atomic mass is 9.79. The predicted molar refractivity (Wildman–Crippen MR) is 171 cm³/mol. The van der Waals surface area contributed by atoms with Crippen LogP contribution in [0, 0.1) is 5.92 Å². The average molecular weight is 607 g/mol. The fourth-order valence-electron chi connectivity index (χ4n) is 6.59. The Bertz CT molecular complexity index is 1250. The van der Waals surface area contributed by atoms with Crippen LogP contribution in [0.15, 0.2) is 48.5 Å². The summed E-state index contributed by atoms with van der Waals surface area (Å²) in [6.07, 6.45) is 3.38. The first-order chi connectivity index (χ1) is 21.2. The molecule has 2 saturated heterocycles. The second kappa shape index (κ2) is 15.0. The number of piperazine rings is 1. The van der Waals surface area contributed by atoms with Gasteiger partial charge in [0.1, 0.15) is 23.4 Å². The summed E-state index contributed by atoms with van der Waals surface area (Å²) in [7, 11) is 1.61. The standard InChI is InChI=1S/C35H50N4O5/c1-6-9-20-39-33(42)30(31(40)26(7-2)8-3)37-34(43)35(39)18-21-38(22-19-35)23-25-10-12-27(13-11-25)24(4)44-29-16-14-28(15-17-29)32(41)36-5/h10-17,24,26,30-31,40H,6-9,18-23H2,1-5H3,(H,36,41)(H,37,43)/t24?,30-,31-/m1/s1. The van der Waals surface area contributed by atoms with Crippen LogP contribution in [0.3, 0.4) is 0 Å². The van der Waals surface area contributed by atoms with Crippen LogP contribution in [0.2, 0.25) is 0 Å². The first-order valence-electron chi connectivity index (χ1n) is 16.3. The summed E-state index contributed by atoms with van der Waals surface area (Å²) < 4.78 is 6.10. The lowest BCUT2D eigenvalue weighted by Crippen LogP contribution is -2.75. The summed E-state index contributed by atoms with van der Waals surface area (Å²) >= 11 is 0. The SMILES string of the molecule is CCCCN1C(=O)[C@@H]([C@H](O)C(CC)CC)NC(=O)C12CCN(Cc1ccc(C(C)Oc3ccc(C(=O)NC)cc3)cc1)CC2. The largest absolute Gasteiger partial charge is 0.486 e. The summed E-state index contributed by atoms with van der Waals surface area (Å²) in [4.78, 5) is 43.4. The summed E-state index contributed by atoms with van der Waals surface area (Å²) in [5.41, 5.74) is 1.95. The molecule has 1 spiro atoms. The number of aliphatic hydroxyl groups excluding tert-OH is 1. The third-order valence-electron chi connectivity index (χ3n) is 9.56. The third-order valence-corrected chi connectivity index (χ3v) is 9.56. The van der Waals surface area contributed by atoms with E-state index in [2.05, 4.69) is 46.7 Å². The maximum atomic E-state index is 13.8. The molecule has 1 unspecified atom stereocenters. The molecule has 0 aromatic heterocycles. The summed E-state index contributed by atoms with van der Waals surface area (Å²) in [5, 5.41) is 16.6. The maximum Gasteiger partial charge on any atom is 0.251 e. The molecule has 9 nitrogen and oxygen atoms in total. The molecule has 3 N–H and O–H groups in total. The number of hydrogen-bond acceptors (Lipinski definition) is 6. The minimum Gasteiger partial charge on any atom is -0.486 e. The molecule has 3 atom stereocenters. The molecular formula is C35H50N4O5. The van der Waals surface area contributed by atoms with Crippen molar-refractivity contribution >= 4 is 17.7 Å². The topological polar surface area (TPSA) is 111 Å². The first kappa shape index (κ1) is 33.5. The predicted octanol–water partition coefficient (Wildman–Crippen LogP) is 4.45. The number of hydrogen-bond donors (Lipinski definition) is 3. The minimum atomic E-state index is -0.881. The average Bonchev–Trinajstić information content (AvgIpc) is 3.04. The Morgan fingerprint density at radius 1 is 1.05 bits per heavy atom. The van der Waals surface area contributed by atoms with E-state index < -0.39 is 17.7 Å². The van der Waals surface area contributed by atoms with Crippen molar-refractivity contribution in [1.82, 2.24) is 20.4 Å². The monoisotopic (exact) mass is 606 g/mol. The molecule has 0 saturated carbocycles. The van der Waals surface area contributed by atoms with Crippen molar-refractivity contribution < 1.29 is 24.2 Å². The van der Waals surface area contributed by atoms with E-state index in [-0.39, 0.29) is 29.7 Å². The highest BCUT2D eigenvalue weighted by atomic mass is 16.5. The number of nitrogens with zero attached hydrogens (tertiary/aromatic N) is 2. The Kier molecular flexibility index (Phi) is 11.4. The Morgan fingerprint density at radius 3 is 2.25 bits per heavy atom. The summed E-state index contributed by atoms with van der Waals surface area (Å²) in [6, 6.07) is 14.6. The quantitative estimate of drug-likeness (QED) is 0.311. The molecule has 240 valence electrons. The van der Waals surface area contributed by atoms with E-state index in [0.717, 1.165) is 37.8 Å². The number of nitrogens with one attached hydrogen (secondary N) is 2. The van der Waals surface area contributed by atoms with Gasteiger partial charge in [-0.25, -0.2) is 0 Å². The van der Waals surface area contributed by atoms with Gasteiger partial charge in [-0.2, -0.15) is 0 Å². The smallest absolute Gasteiger partial charge is 0.251 e. The second-order valence-electron chi connectivity index (χ2n) is 12.3. The molecule has 4 rings (SSSR count). The van der Waals surface area contributed by atoms with Crippen molar-refractivity contribution in [2.45, 2.75) is 96.6 Å². The van der Waals surface area contributed by atoms with Crippen molar-refractivity contribution in [1.29, 1.82) is 0 Å². The first-order valence-corrected chi connectivity index (χ1v) is 16.3. The van der Waals surface area contributed by atoms with Gasteiger partial charge >= 0.3 is 0 Å². The number of aliphatic hydroxyl groups is 1. The second-order valence-corrected chi connectivity index (χ2v) is 12.3. The zero-order chi connectivity index (χ0) is 31.9. The molecule has 0 radical (unpaired) electrons. The summed E-state index contributed by atoms with van der Waals surface area (Å²) in [5.74, 6) is 0.279. The lowest BCUT2D eigenvalue weighted by molar-refractivity contribution is -0.165. The number of rotatable bonds is 13. The van der Waals surface area contributed by atoms with Gasteiger partial charge in [-0.05, 0) is 67.5 Å². The van der Waals surface area contributed by atoms with Crippen molar-refractivity contribution in [2.75, 3.05) is 26.7 Å². The van der Waals surface area contributed by atoms with Crippen LogP contribution in [0.5, 0.6) is 5.75 Å².